The van der Waals surface area contributed by atoms with Crippen molar-refractivity contribution in [2.45, 2.75) is 154 Å². The van der Waals surface area contributed by atoms with Crippen LogP contribution < -0.4 is 0 Å². The van der Waals surface area contributed by atoms with Gasteiger partial charge in [-0.3, -0.25) is 0 Å². The molecule has 0 N–H and O–H groups in total. The lowest BCUT2D eigenvalue weighted by molar-refractivity contribution is -0.432. The quantitative estimate of drug-likeness (QED) is 0.158. The van der Waals surface area contributed by atoms with E-state index in [1.807, 2.05) is 0 Å². The van der Waals surface area contributed by atoms with Crippen LogP contribution in [0.2, 0.25) is 0 Å². The summed E-state index contributed by atoms with van der Waals surface area (Å²) in [6.07, 6.45) is 15.4. The number of hydrogen-bond donors (Lipinski definition) is 0. The zero-order valence-electron chi connectivity index (χ0n) is 20.2. The van der Waals surface area contributed by atoms with E-state index >= 15 is 0 Å². The van der Waals surface area contributed by atoms with Gasteiger partial charge in [0.1, 0.15) is 0 Å². The lowest BCUT2D eigenvalue weighted by atomic mass is 9.82. The fourth-order valence-corrected chi connectivity index (χ4v) is 3.63. The van der Waals surface area contributed by atoms with Gasteiger partial charge in [0.15, 0.2) is 0 Å². The summed E-state index contributed by atoms with van der Waals surface area (Å²) in [6, 6.07) is 0. The minimum atomic E-state index is -5.56. The van der Waals surface area contributed by atoms with Gasteiger partial charge >= 0.3 is 17.8 Å². The Balaban J connectivity index is 0.000000726. The molecule has 0 radical (unpaired) electrons. The van der Waals surface area contributed by atoms with E-state index in [0.29, 0.717) is 12.2 Å². The van der Waals surface area contributed by atoms with Crippen LogP contribution in [0.4, 0.5) is 30.7 Å². The number of alkyl halides is 7. The molecule has 8 heteroatoms. The molecule has 0 aromatic rings. The van der Waals surface area contributed by atoms with Crippen molar-refractivity contribution in [2.75, 3.05) is 0 Å². The van der Waals surface area contributed by atoms with E-state index in [9.17, 15) is 30.7 Å². The van der Waals surface area contributed by atoms with Crippen molar-refractivity contribution in [3.63, 3.8) is 0 Å². The molecule has 1 fully saturated rings. The summed E-state index contributed by atoms with van der Waals surface area (Å²) in [5, 5.41) is 0. The van der Waals surface area contributed by atoms with Gasteiger partial charge < -0.3 is 4.74 Å². The third-order valence-electron chi connectivity index (χ3n) is 5.88. The molecule has 1 rings (SSSR count). The van der Waals surface area contributed by atoms with Gasteiger partial charge in [0, 0.05) is 0 Å². The SMILES string of the molecule is CCCCCC(CCCC)OC(CCCC)CCCCC.FC1C(F)(F)C(F)(F)C1(F)F. The normalized spacial score (nSPS) is 20.7. The summed E-state index contributed by atoms with van der Waals surface area (Å²) in [7, 11) is 0. The third-order valence-corrected chi connectivity index (χ3v) is 5.88. The summed E-state index contributed by atoms with van der Waals surface area (Å²) >= 11 is 0. The maximum Gasteiger partial charge on any atom is 0.378 e. The predicted octanol–water partition coefficient (Wildman–Crippen LogP) is 9.53. The number of rotatable bonds is 16. The van der Waals surface area contributed by atoms with Crippen molar-refractivity contribution in [1.29, 1.82) is 0 Å². The third kappa shape index (κ3) is 9.02. The van der Waals surface area contributed by atoms with Gasteiger partial charge in [0.05, 0.1) is 12.2 Å². The predicted molar refractivity (Wildman–Crippen MR) is 116 cm³/mol. The molecule has 1 saturated carbocycles. The molecule has 32 heavy (non-hydrogen) atoms. The van der Waals surface area contributed by atoms with Crippen molar-refractivity contribution in [2.24, 2.45) is 0 Å². The molecule has 0 saturated heterocycles. The van der Waals surface area contributed by atoms with E-state index < -0.39 is 23.9 Å². The molecule has 0 heterocycles. The molecular weight excluding hydrogens is 437 g/mol. The second-order valence-electron chi connectivity index (χ2n) is 8.84. The minimum Gasteiger partial charge on any atom is -0.375 e. The van der Waals surface area contributed by atoms with Crippen LogP contribution in [0.15, 0.2) is 0 Å². The minimum absolute atomic E-state index is 0.528. The molecule has 1 aliphatic carbocycles. The average Bonchev–Trinajstić information content (AvgIpc) is 2.74. The Morgan fingerprint density at radius 1 is 0.562 bits per heavy atom. The Labute approximate surface area is 189 Å². The topological polar surface area (TPSA) is 9.23 Å². The number of unbranched alkanes of at least 4 members (excludes halogenated alkanes) is 6. The van der Waals surface area contributed by atoms with Crippen LogP contribution in [0.25, 0.3) is 0 Å². The lowest BCUT2D eigenvalue weighted by Crippen LogP contribution is -2.76. The first kappa shape index (κ1) is 31.5. The molecule has 0 aliphatic heterocycles. The smallest absolute Gasteiger partial charge is 0.375 e. The lowest BCUT2D eigenvalue weighted by Gasteiger charge is -2.45. The zero-order chi connectivity index (χ0) is 24.8. The molecule has 0 bridgehead atoms. The van der Waals surface area contributed by atoms with Gasteiger partial charge in [-0.05, 0) is 25.7 Å². The largest absolute Gasteiger partial charge is 0.378 e. The highest BCUT2D eigenvalue weighted by Crippen LogP contribution is 2.62. The van der Waals surface area contributed by atoms with Gasteiger partial charge in [0.2, 0.25) is 6.17 Å². The van der Waals surface area contributed by atoms with Gasteiger partial charge in [-0.15, -0.1) is 0 Å². The van der Waals surface area contributed by atoms with Gasteiger partial charge in [-0.2, -0.15) is 26.3 Å². The second kappa shape index (κ2) is 15.4. The van der Waals surface area contributed by atoms with E-state index in [2.05, 4.69) is 27.7 Å². The first-order chi connectivity index (χ1) is 14.9. The molecule has 0 amide bonds. The summed E-state index contributed by atoms with van der Waals surface area (Å²) < 4.78 is 87.7. The first-order valence-electron chi connectivity index (χ1n) is 12.4. The van der Waals surface area contributed by atoms with Crippen LogP contribution in [0, 0.1) is 0 Å². The second-order valence-corrected chi connectivity index (χ2v) is 8.84. The van der Waals surface area contributed by atoms with Crippen LogP contribution in [0.3, 0.4) is 0 Å². The highest BCUT2D eigenvalue weighted by Gasteiger charge is 2.91. The van der Waals surface area contributed by atoms with E-state index in [4.69, 9.17) is 4.74 Å². The Hall–Kier alpha value is -0.530. The maximum atomic E-state index is 11.6. The maximum absolute atomic E-state index is 11.6. The fraction of sp³-hybridized carbons (Fsp3) is 1.00. The molecule has 2 unspecified atom stereocenters. The zero-order valence-corrected chi connectivity index (χ0v) is 20.2. The van der Waals surface area contributed by atoms with Gasteiger partial charge in [-0.1, -0.05) is 91.9 Å². The average molecular weight is 481 g/mol. The highest BCUT2D eigenvalue weighted by molar-refractivity contribution is 5.17. The summed E-state index contributed by atoms with van der Waals surface area (Å²) in [5.41, 5.74) is 0. The number of halogens is 7. The molecule has 0 aromatic heterocycles. The molecule has 1 nitrogen and oxygen atoms in total. The molecular formula is C24H43F7O. The van der Waals surface area contributed by atoms with E-state index in [0.717, 1.165) is 0 Å². The molecule has 0 spiro atoms. The van der Waals surface area contributed by atoms with Crippen molar-refractivity contribution in [3.8, 4) is 0 Å². The molecule has 194 valence electrons. The van der Waals surface area contributed by atoms with E-state index in [1.165, 1.54) is 89.9 Å². The number of hydrogen-bond acceptors (Lipinski definition) is 1. The number of ether oxygens (including phenoxy) is 1. The van der Waals surface area contributed by atoms with Crippen molar-refractivity contribution in [1.82, 2.24) is 0 Å². The molecule has 2 atom stereocenters. The van der Waals surface area contributed by atoms with Crippen molar-refractivity contribution >= 4 is 0 Å². The fourth-order valence-electron chi connectivity index (χ4n) is 3.63. The standard InChI is InChI=1S/C20H42O.C4HF7/c1-5-9-13-17-19(15-11-7-3)21-20(16-12-8-4)18-14-10-6-2;5-1-2(6,7)4(10,11)3(1,8)9/h19-20H,5-18H2,1-4H3;1H. The van der Waals surface area contributed by atoms with E-state index in [1.54, 1.807) is 0 Å². The Morgan fingerprint density at radius 2 is 0.875 bits per heavy atom. The van der Waals surface area contributed by atoms with Crippen LogP contribution in [-0.4, -0.2) is 36.1 Å². The van der Waals surface area contributed by atoms with Crippen LogP contribution in [0.5, 0.6) is 0 Å². The first-order valence-corrected chi connectivity index (χ1v) is 12.4. The van der Waals surface area contributed by atoms with E-state index in [-0.39, 0.29) is 0 Å². The Kier molecular flexibility index (Phi) is 15.1. The van der Waals surface area contributed by atoms with Crippen LogP contribution in [0.1, 0.15) is 118 Å². The summed E-state index contributed by atoms with van der Waals surface area (Å²) in [5.74, 6) is -16.0. The molecule has 1 aliphatic rings. The highest BCUT2D eigenvalue weighted by atomic mass is 19.4. The Bertz CT molecular complexity index is 433. The van der Waals surface area contributed by atoms with Crippen LogP contribution in [-0.2, 0) is 4.74 Å². The van der Waals surface area contributed by atoms with Crippen molar-refractivity contribution in [3.05, 3.63) is 0 Å². The van der Waals surface area contributed by atoms with Crippen molar-refractivity contribution < 1.29 is 35.5 Å². The summed E-state index contributed by atoms with van der Waals surface area (Å²) in [4.78, 5) is 0. The Morgan fingerprint density at radius 3 is 1.12 bits per heavy atom. The van der Waals surface area contributed by atoms with Gasteiger partial charge in [0.25, 0.3) is 0 Å². The monoisotopic (exact) mass is 480 g/mol. The van der Waals surface area contributed by atoms with Crippen LogP contribution >= 0.6 is 0 Å². The molecule has 0 aromatic carbocycles. The van der Waals surface area contributed by atoms with Gasteiger partial charge in [-0.25, -0.2) is 4.39 Å². The summed E-state index contributed by atoms with van der Waals surface area (Å²) in [6.45, 7) is 9.16.